The van der Waals surface area contributed by atoms with Gasteiger partial charge in [-0.3, -0.25) is 4.79 Å². The molecule has 3 aliphatic rings. The predicted molar refractivity (Wildman–Crippen MR) is 83.8 cm³/mol. The second kappa shape index (κ2) is 6.68. The lowest BCUT2D eigenvalue weighted by Crippen LogP contribution is -2.47. The van der Waals surface area contributed by atoms with Crippen LogP contribution in [0.15, 0.2) is 0 Å². The summed E-state index contributed by atoms with van der Waals surface area (Å²) in [4.78, 5) is 15.1. The fraction of sp³-hybridized carbons (Fsp3) is 0.944. The van der Waals surface area contributed by atoms with Gasteiger partial charge in [0.2, 0.25) is 5.91 Å². The largest absolute Gasteiger partial charge is 0.393 e. The van der Waals surface area contributed by atoms with Crippen molar-refractivity contribution in [3.63, 3.8) is 0 Å². The van der Waals surface area contributed by atoms with Gasteiger partial charge >= 0.3 is 0 Å². The van der Waals surface area contributed by atoms with E-state index in [1.807, 2.05) is 0 Å². The number of hydrogen-bond donors (Lipinski definition) is 1. The second-order valence-electron chi connectivity index (χ2n) is 7.71. The van der Waals surface area contributed by atoms with Crippen molar-refractivity contribution in [3.05, 3.63) is 0 Å². The molecule has 3 nitrogen and oxygen atoms in total. The molecule has 0 aromatic heterocycles. The van der Waals surface area contributed by atoms with E-state index in [1.54, 1.807) is 0 Å². The number of amides is 1. The molecule has 0 bridgehead atoms. The molecule has 1 aliphatic heterocycles. The number of aliphatic hydroxyl groups excluding tert-OH is 1. The van der Waals surface area contributed by atoms with E-state index in [1.165, 1.54) is 19.3 Å². The first-order chi connectivity index (χ1) is 10.2. The average molecular weight is 293 g/mol. The standard InChI is InChI=1S/C18H31NO2/c1-13-8-10-14(11-9-13)18(21)19-12-4-6-16(19)15-5-2-3-7-17(15)20/h13-17,20H,2-12H2,1H3. The van der Waals surface area contributed by atoms with E-state index < -0.39 is 0 Å². The molecule has 0 aromatic carbocycles. The van der Waals surface area contributed by atoms with Crippen LogP contribution in [0, 0.1) is 17.8 Å². The van der Waals surface area contributed by atoms with Crippen LogP contribution in [0.3, 0.4) is 0 Å². The monoisotopic (exact) mass is 293 g/mol. The van der Waals surface area contributed by atoms with Gasteiger partial charge in [0.1, 0.15) is 0 Å². The maximum absolute atomic E-state index is 12.9. The third kappa shape index (κ3) is 3.28. The van der Waals surface area contributed by atoms with E-state index in [0.717, 1.165) is 57.4 Å². The zero-order valence-electron chi connectivity index (χ0n) is 13.5. The van der Waals surface area contributed by atoms with Gasteiger partial charge in [-0.25, -0.2) is 0 Å². The van der Waals surface area contributed by atoms with E-state index in [-0.39, 0.29) is 12.0 Å². The highest BCUT2D eigenvalue weighted by Gasteiger charge is 2.41. The van der Waals surface area contributed by atoms with Crippen LogP contribution < -0.4 is 0 Å². The number of carbonyl (C=O) groups excluding carboxylic acids is 1. The Kier molecular flexibility index (Phi) is 4.88. The molecule has 1 heterocycles. The fourth-order valence-corrected chi connectivity index (χ4v) is 4.84. The van der Waals surface area contributed by atoms with E-state index in [2.05, 4.69) is 11.8 Å². The van der Waals surface area contributed by atoms with Gasteiger partial charge in [0, 0.05) is 24.4 Å². The van der Waals surface area contributed by atoms with Gasteiger partial charge in [0.05, 0.1) is 6.10 Å². The Morgan fingerprint density at radius 1 is 0.952 bits per heavy atom. The minimum absolute atomic E-state index is 0.177. The van der Waals surface area contributed by atoms with Crippen LogP contribution in [0.25, 0.3) is 0 Å². The molecule has 0 radical (unpaired) electrons. The Bertz CT molecular complexity index is 362. The maximum Gasteiger partial charge on any atom is 0.225 e. The average Bonchev–Trinajstić information content (AvgIpc) is 2.97. The van der Waals surface area contributed by atoms with Gasteiger partial charge in [0.15, 0.2) is 0 Å². The molecule has 2 aliphatic carbocycles. The molecule has 3 fully saturated rings. The molecule has 1 saturated heterocycles. The van der Waals surface area contributed by atoms with Crippen LogP contribution in [-0.2, 0) is 4.79 Å². The lowest BCUT2D eigenvalue weighted by atomic mass is 9.79. The van der Waals surface area contributed by atoms with E-state index in [4.69, 9.17) is 0 Å². The van der Waals surface area contributed by atoms with Crippen molar-refractivity contribution in [3.8, 4) is 0 Å². The van der Waals surface area contributed by atoms with Gasteiger partial charge in [-0.1, -0.05) is 19.8 Å². The molecule has 3 heteroatoms. The van der Waals surface area contributed by atoms with E-state index >= 15 is 0 Å². The molecular formula is C18H31NO2. The Labute approximate surface area is 129 Å². The van der Waals surface area contributed by atoms with Crippen molar-refractivity contribution < 1.29 is 9.90 Å². The highest BCUT2D eigenvalue weighted by molar-refractivity contribution is 5.79. The van der Waals surface area contributed by atoms with Gasteiger partial charge in [-0.05, 0) is 57.3 Å². The van der Waals surface area contributed by atoms with Gasteiger partial charge < -0.3 is 10.0 Å². The van der Waals surface area contributed by atoms with Crippen molar-refractivity contribution in [2.24, 2.45) is 17.8 Å². The summed E-state index contributed by atoms with van der Waals surface area (Å²) < 4.78 is 0. The van der Waals surface area contributed by atoms with Crippen LogP contribution in [0.5, 0.6) is 0 Å². The van der Waals surface area contributed by atoms with Gasteiger partial charge in [-0.15, -0.1) is 0 Å². The number of nitrogens with zero attached hydrogens (tertiary/aromatic N) is 1. The highest BCUT2D eigenvalue weighted by Crippen LogP contribution is 2.37. The second-order valence-corrected chi connectivity index (χ2v) is 7.71. The summed E-state index contributed by atoms with van der Waals surface area (Å²) in [6, 6.07) is 0.326. The Morgan fingerprint density at radius 3 is 2.38 bits per heavy atom. The van der Waals surface area contributed by atoms with Crippen LogP contribution in [0.2, 0.25) is 0 Å². The van der Waals surface area contributed by atoms with Crippen LogP contribution in [0.1, 0.15) is 71.1 Å². The first-order valence-corrected chi connectivity index (χ1v) is 9.15. The van der Waals surface area contributed by atoms with Crippen molar-refractivity contribution in [2.75, 3.05) is 6.54 Å². The molecule has 120 valence electrons. The van der Waals surface area contributed by atoms with E-state index in [9.17, 15) is 9.90 Å². The summed E-state index contributed by atoms with van der Waals surface area (Å²) >= 11 is 0. The smallest absolute Gasteiger partial charge is 0.225 e. The molecule has 3 unspecified atom stereocenters. The Hall–Kier alpha value is -0.570. The molecule has 2 saturated carbocycles. The fourth-order valence-electron chi connectivity index (χ4n) is 4.84. The molecule has 21 heavy (non-hydrogen) atoms. The summed E-state index contributed by atoms with van der Waals surface area (Å²) in [6.45, 7) is 3.23. The highest BCUT2D eigenvalue weighted by atomic mass is 16.3. The molecule has 0 aromatic rings. The number of likely N-dealkylation sites (tertiary alicyclic amines) is 1. The minimum Gasteiger partial charge on any atom is -0.393 e. The minimum atomic E-state index is -0.177. The third-order valence-corrected chi connectivity index (χ3v) is 6.22. The number of rotatable bonds is 2. The van der Waals surface area contributed by atoms with Crippen LogP contribution in [0.4, 0.5) is 0 Å². The molecule has 1 N–H and O–H groups in total. The van der Waals surface area contributed by atoms with Crippen LogP contribution >= 0.6 is 0 Å². The molecule has 3 rings (SSSR count). The molecule has 3 atom stereocenters. The zero-order valence-corrected chi connectivity index (χ0v) is 13.5. The summed E-state index contributed by atoms with van der Waals surface area (Å²) in [5.41, 5.74) is 0. The number of hydrogen-bond acceptors (Lipinski definition) is 2. The van der Waals surface area contributed by atoms with Gasteiger partial charge in [0.25, 0.3) is 0 Å². The number of aliphatic hydroxyl groups is 1. The van der Waals surface area contributed by atoms with Crippen molar-refractivity contribution in [2.45, 2.75) is 83.3 Å². The normalized spacial score (nSPS) is 41.2. The van der Waals surface area contributed by atoms with Crippen molar-refractivity contribution in [1.29, 1.82) is 0 Å². The predicted octanol–water partition coefficient (Wildman–Crippen LogP) is 3.35. The lowest BCUT2D eigenvalue weighted by molar-refractivity contribution is -0.139. The molecular weight excluding hydrogens is 262 g/mol. The Balaban J connectivity index is 1.64. The van der Waals surface area contributed by atoms with Crippen LogP contribution in [-0.4, -0.2) is 34.6 Å². The summed E-state index contributed by atoms with van der Waals surface area (Å²) in [5, 5.41) is 10.3. The third-order valence-electron chi connectivity index (χ3n) is 6.22. The topological polar surface area (TPSA) is 40.5 Å². The van der Waals surface area contributed by atoms with Gasteiger partial charge in [-0.2, -0.15) is 0 Å². The summed E-state index contributed by atoms with van der Waals surface area (Å²) in [6.07, 6.45) is 11.1. The maximum atomic E-state index is 12.9. The SMILES string of the molecule is CC1CCC(C(=O)N2CCCC2C2CCCCC2O)CC1. The number of carbonyl (C=O) groups is 1. The quantitative estimate of drug-likeness (QED) is 0.848. The first kappa shape index (κ1) is 15.3. The van der Waals surface area contributed by atoms with Crippen molar-refractivity contribution in [1.82, 2.24) is 4.90 Å². The summed E-state index contributed by atoms with van der Waals surface area (Å²) in [7, 11) is 0. The Morgan fingerprint density at radius 2 is 1.67 bits per heavy atom. The summed E-state index contributed by atoms with van der Waals surface area (Å²) in [5.74, 6) is 1.81. The zero-order chi connectivity index (χ0) is 14.8. The first-order valence-electron chi connectivity index (χ1n) is 9.15. The van der Waals surface area contributed by atoms with E-state index in [0.29, 0.717) is 17.9 Å². The molecule has 1 amide bonds. The van der Waals surface area contributed by atoms with Crippen molar-refractivity contribution >= 4 is 5.91 Å². The lowest BCUT2D eigenvalue weighted by Gasteiger charge is -2.39. The molecule has 0 spiro atoms.